The lowest BCUT2D eigenvalue weighted by Gasteiger charge is -2.04. The van der Waals surface area contributed by atoms with Gasteiger partial charge in [0, 0.05) is 6.61 Å². The van der Waals surface area contributed by atoms with Gasteiger partial charge in [-0.15, -0.1) is 0 Å². The highest BCUT2D eigenvalue weighted by atomic mass is 16.5. The molecule has 0 radical (unpaired) electrons. The topological polar surface area (TPSA) is 83.0 Å². The van der Waals surface area contributed by atoms with E-state index in [1.54, 1.807) is 6.07 Å². The van der Waals surface area contributed by atoms with Gasteiger partial charge < -0.3 is 9.26 Å². The highest BCUT2D eigenvalue weighted by molar-refractivity contribution is 5.77. The van der Waals surface area contributed by atoms with Gasteiger partial charge in [0.1, 0.15) is 6.10 Å². The van der Waals surface area contributed by atoms with Crippen molar-refractivity contribution in [3.63, 3.8) is 0 Å². The van der Waals surface area contributed by atoms with Gasteiger partial charge in [0.2, 0.25) is 0 Å². The highest BCUT2D eigenvalue weighted by Crippen LogP contribution is 2.26. The van der Waals surface area contributed by atoms with E-state index in [9.17, 15) is 4.79 Å². The summed E-state index contributed by atoms with van der Waals surface area (Å²) >= 11 is 0. The average molecular weight is 312 g/mol. The average Bonchev–Trinajstić information content (AvgIpc) is 3.21. The van der Waals surface area contributed by atoms with Crippen molar-refractivity contribution in [3.8, 4) is 0 Å². The maximum Gasteiger partial charge on any atom is 0.261 e. The molecule has 3 aromatic rings. The fourth-order valence-electron chi connectivity index (χ4n) is 2.77. The molecule has 0 amide bonds. The van der Waals surface area contributed by atoms with Crippen LogP contribution in [-0.4, -0.2) is 26.3 Å². The molecule has 2 aromatic heterocycles. The molecule has 0 N–H and O–H groups in total. The first-order chi connectivity index (χ1) is 11.2. The predicted molar refractivity (Wildman–Crippen MR) is 82.1 cm³/mol. The van der Waals surface area contributed by atoms with Gasteiger partial charge in [-0.2, -0.15) is 4.98 Å². The number of benzene rings is 1. The normalized spacial score (nSPS) is 17.9. The summed E-state index contributed by atoms with van der Waals surface area (Å²) in [4.78, 5) is 21.2. The number of hydrogen-bond donors (Lipinski definition) is 0. The fourth-order valence-corrected chi connectivity index (χ4v) is 2.77. The largest absolute Gasteiger partial charge is 0.368 e. The second-order valence-electron chi connectivity index (χ2n) is 5.75. The third-order valence-electron chi connectivity index (χ3n) is 3.98. The molecule has 0 unspecified atom stereocenters. The summed E-state index contributed by atoms with van der Waals surface area (Å²) in [5.74, 6) is 0.931. The SMILES string of the molecule is Cc1ccc2c(=O)n(Cc3noc([C@@H]4CCCO4)n3)cnc2c1. The van der Waals surface area contributed by atoms with Crippen molar-refractivity contribution in [3.05, 3.63) is 52.2 Å². The third-order valence-corrected chi connectivity index (χ3v) is 3.98. The second kappa shape index (κ2) is 5.58. The van der Waals surface area contributed by atoms with Gasteiger partial charge in [0.15, 0.2) is 5.82 Å². The Labute approximate surface area is 131 Å². The van der Waals surface area contributed by atoms with Crippen molar-refractivity contribution in [2.75, 3.05) is 6.61 Å². The van der Waals surface area contributed by atoms with Crippen molar-refractivity contribution in [2.45, 2.75) is 32.4 Å². The number of nitrogens with zero attached hydrogens (tertiary/aromatic N) is 4. The van der Waals surface area contributed by atoms with Crippen LogP contribution in [0.4, 0.5) is 0 Å². The lowest BCUT2D eigenvalue weighted by Crippen LogP contribution is -2.21. The maximum absolute atomic E-state index is 12.5. The Balaban J connectivity index is 1.64. The molecule has 0 bridgehead atoms. The van der Waals surface area contributed by atoms with Gasteiger partial charge in [-0.3, -0.25) is 9.36 Å². The van der Waals surface area contributed by atoms with Crippen LogP contribution in [0.3, 0.4) is 0 Å². The van der Waals surface area contributed by atoms with E-state index in [0.717, 1.165) is 25.0 Å². The monoisotopic (exact) mass is 312 g/mol. The van der Waals surface area contributed by atoms with Crippen LogP contribution in [-0.2, 0) is 11.3 Å². The molecule has 4 rings (SSSR count). The van der Waals surface area contributed by atoms with E-state index < -0.39 is 0 Å². The van der Waals surface area contributed by atoms with Crippen molar-refractivity contribution >= 4 is 10.9 Å². The van der Waals surface area contributed by atoms with Gasteiger partial charge >= 0.3 is 0 Å². The summed E-state index contributed by atoms with van der Waals surface area (Å²) in [6.07, 6.45) is 3.28. The Morgan fingerprint density at radius 3 is 3.13 bits per heavy atom. The van der Waals surface area contributed by atoms with E-state index in [-0.39, 0.29) is 18.2 Å². The lowest BCUT2D eigenvalue weighted by atomic mass is 10.2. The molecular weight excluding hydrogens is 296 g/mol. The second-order valence-corrected chi connectivity index (χ2v) is 5.75. The van der Waals surface area contributed by atoms with Crippen molar-refractivity contribution < 1.29 is 9.26 Å². The first kappa shape index (κ1) is 14.1. The molecule has 1 aromatic carbocycles. The summed E-state index contributed by atoms with van der Waals surface area (Å²) in [5.41, 5.74) is 1.65. The Kier molecular flexibility index (Phi) is 3.42. The third kappa shape index (κ3) is 2.63. The van der Waals surface area contributed by atoms with Crippen LogP contribution >= 0.6 is 0 Å². The van der Waals surface area contributed by atoms with Crippen LogP contribution < -0.4 is 5.56 Å². The van der Waals surface area contributed by atoms with Crippen molar-refractivity contribution in [2.24, 2.45) is 0 Å². The highest BCUT2D eigenvalue weighted by Gasteiger charge is 2.24. The standard InChI is InChI=1S/C16H16N4O3/c1-10-4-5-11-12(7-10)17-9-20(16(11)21)8-14-18-15(23-19-14)13-3-2-6-22-13/h4-5,7,9,13H,2-3,6,8H2,1H3/t13-/m0/s1. The van der Waals surface area contributed by atoms with Gasteiger partial charge in [-0.25, -0.2) is 4.98 Å². The molecule has 7 heteroatoms. The summed E-state index contributed by atoms with van der Waals surface area (Å²) in [7, 11) is 0. The molecule has 1 saturated heterocycles. The molecule has 1 aliphatic heterocycles. The van der Waals surface area contributed by atoms with Crippen LogP contribution in [0.2, 0.25) is 0 Å². The smallest absolute Gasteiger partial charge is 0.261 e. The molecule has 0 spiro atoms. The Bertz CT molecular complexity index is 909. The number of hydrogen-bond acceptors (Lipinski definition) is 6. The Morgan fingerprint density at radius 1 is 1.39 bits per heavy atom. The van der Waals surface area contributed by atoms with Crippen LogP contribution in [0.25, 0.3) is 10.9 Å². The lowest BCUT2D eigenvalue weighted by molar-refractivity contribution is 0.0835. The number of fused-ring (bicyclic) bond motifs is 1. The minimum atomic E-state index is -0.120. The molecule has 1 fully saturated rings. The van der Waals surface area contributed by atoms with Crippen LogP contribution in [0.15, 0.2) is 33.8 Å². The molecule has 1 atom stereocenters. The van der Waals surface area contributed by atoms with E-state index in [0.29, 0.717) is 22.6 Å². The van der Waals surface area contributed by atoms with E-state index in [4.69, 9.17) is 9.26 Å². The molecule has 0 saturated carbocycles. The molecule has 1 aliphatic rings. The Morgan fingerprint density at radius 2 is 2.30 bits per heavy atom. The number of aryl methyl sites for hydroxylation is 1. The first-order valence-electron chi connectivity index (χ1n) is 7.60. The molecule has 7 nitrogen and oxygen atoms in total. The minimum absolute atomic E-state index is 0.113. The van der Waals surface area contributed by atoms with Crippen LogP contribution in [0.5, 0.6) is 0 Å². The summed E-state index contributed by atoms with van der Waals surface area (Å²) < 4.78 is 12.2. The fraction of sp³-hybridized carbons (Fsp3) is 0.375. The predicted octanol–water partition coefficient (Wildman–Crippen LogP) is 1.99. The van der Waals surface area contributed by atoms with Gasteiger partial charge in [0.05, 0.1) is 23.8 Å². The van der Waals surface area contributed by atoms with Gasteiger partial charge in [-0.1, -0.05) is 11.2 Å². The molecule has 3 heterocycles. The summed E-state index contributed by atoms with van der Waals surface area (Å²) in [6.45, 7) is 2.92. The number of aromatic nitrogens is 4. The zero-order valence-electron chi connectivity index (χ0n) is 12.7. The van der Waals surface area contributed by atoms with Crippen molar-refractivity contribution in [1.82, 2.24) is 19.7 Å². The summed E-state index contributed by atoms with van der Waals surface area (Å²) in [6, 6.07) is 5.59. The van der Waals surface area contributed by atoms with Crippen LogP contribution in [0.1, 0.15) is 36.2 Å². The zero-order chi connectivity index (χ0) is 15.8. The van der Waals surface area contributed by atoms with Crippen molar-refractivity contribution in [1.29, 1.82) is 0 Å². The van der Waals surface area contributed by atoms with E-state index >= 15 is 0 Å². The summed E-state index contributed by atoms with van der Waals surface area (Å²) in [5, 5.41) is 4.52. The minimum Gasteiger partial charge on any atom is -0.368 e. The van der Waals surface area contributed by atoms with E-state index in [1.807, 2.05) is 19.1 Å². The number of ether oxygens (including phenoxy) is 1. The zero-order valence-corrected chi connectivity index (χ0v) is 12.7. The van der Waals surface area contributed by atoms with E-state index in [2.05, 4.69) is 15.1 Å². The van der Waals surface area contributed by atoms with E-state index in [1.165, 1.54) is 10.9 Å². The Hall–Kier alpha value is -2.54. The van der Waals surface area contributed by atoms with Gasteiger partial charge in [-0.05, 0) is 37.5 Å². The maximum atomic E-state index is 12.5. The number of rotatable bonds is 3. The molecule has 0 aliphatic carbocycles. The first-order valence-corrected chi connectivity index (χ1v) is 7.60. The molecule has 118 valence electrons. The van der Waals surface area contributed by atoms with Gasteiger partial charge in [0.25, 0.3) is 11.4 Å². The molecule has 23 heavy (non-hydrogen) atoms. The van der Waals surface area contributed by atoms with Crippen LogP contribution in [0, 0.1) is 6.92 Å². The molecular formula is C16H16N4O3. The quantitative estimate of drug-likeness (QED) is 0.735.